The summed E-state index contributed by atoms with van der Waals surface area (Å²) in [4.78, 5) is 10.5. The molecule has 0 aliphatic carbocycles. The summed E-state index contributed by atoms with van der Waals surface area (Å²) < 4.78 is 5.18. The Labute approximate surface area is 98.5 Å². The van der Waals surface area contributed by atoms with Gasteiger partial charge >= 0.3 is 0 Å². The first-order valence-electron chi connectivity index (χ1n) is 5.31. The highest BCUT2D eigenvalue weighted by molar-refractivity contribution is 5.86. The van der Waals surface area contributed by atoms with E-state index in [2.05, 4.69) is 10.3 Å². The molecule has 1 fully saturated rings. The molecule has 0 saturated carbocycles. The van der Waals surface area contributed by atoms with E-state index in [-0.39, 0.29) is 5.56 Å². The minimum Gasteiger partial charge on any atom is -0.545 e. The Morgan fingerprint density at radius 2 is 1.88 bits per heavy atom. The van der Waals surface area contributed by atoms with E-state index in [0.29, 0.717) is 18.9 Å². The van der Waals surface area contributed by atoms with Crippen molar-refractivity contribution in [2.75, 3.05) is 26.3 Å². The quantitative estimate of drug-likeness (QED) is 0.708. The normalized spacial score (nSPS) is 16.4. The van der Waals surface area contributed by atoms with Crippen LogP contribution in [0.5, 0.6) is 0 Å². The third-order valence-electron chi connectivity index (χ3n) is 2.38. The summed E-state index contributed by atoms with van der Waals surface area (Å²) in [5, 5.41) is 20.4. The van der Waals surface area contributed by atoms with Gasteiger partial charge in [0.1, 0.15) is 0 Å². The second-order valence-corrected chi connectivity index (χ2v) is 3.59. The summed E-state index contributed by atoms with van der Waals surface area (Å²) in [5.41, 5.74) is 0.747. The molecule has 0 unspecified atom stereocenters. The molecular weight excluding hydrogens is 222 g/mol. The highest BCUT2D eigenvalue weighted by Crippen LogP contribution is 2.14. The smallest absolute Gasteiger partial charge is 0.0874 e. The van der Waals surface area contributed by atoms with Gasteiger partial charge in [0, 0.05) is 0 Å². The Hall–Kier alpha value is -1.95. The Morgan fingerprint density at radius 3 is 2.47 bits per heavy atom. The van der Waals surface area contributed by atoms with Gasteiger partial charge in [-0.1, -0.05) is 17.4 Å². The molecule has 0 bridgehead atoms. The number of aromatic carboxylic acids is 1. The Morgan fingerprint density at radius 1 is 1.24 bits per heavy atom. The molecular formula is C11H12N3O3-. The fraction of sp³-hybridized carbons (Fsp3) is 0.364. The third kappa shape index (κ3) is 3.25. The summed E-state index contributed by atoms with van der Waals surface area (Å²) in [6, 6.07) is 6.08. The number of carboxylic acids is 1. The number of carboxylic acid groups (broad SMARTS) is 1. The number of ether oxygens (including phenoxy) is 1. The van der Waals surface area contributed by atoms with Crippen LogP contribution in [-0.4, -0.2) is 37.3 Å². The zero-order chi connectivity index (χ0) is 12.1. The molecule has 6 heteroatoms. The predicted molar refractivity (Wildman–Crippen MR) is 57.7 cm³/mol. The number of hydrogen-bond acceptors (Lipinski definition) is 5. The molecule has 0 amide bonds. The van der Waals surface area contributed by atoms with E-state index in [1.165, 1.54) is 12.1 Å². The van der Waals surface area contributed by atoms with Crippen molar-refractivity contribution < 1.29 is 14.6 Å². The number of rotatable bonds is 3. The summed E-state index contributed by atoms with van der Waals surface area (Å²) >= 11 is 0. The SMILES string of the molecule is O=C([O-])c1ccc(N=NN2CCOCC2)cc1. The van der Waals surface area contributed by atoms with Crippen molar-refractivity contribution in [3.63, 3.8) is 0 Å². The lowest BCUT2D eigenvalue weighted by Crippen LogP contribution is -2.31. The number of morpholine rings is 1. The van der Waals surface area contributed by atoms with Gasteiger partial charge in [-0.25, -0.2) is 0 Å². The number of nitrogens with zero attached hydrogens (tertiary/aromatic N) is 3. The number of carbonyl (C=O) groups is 1. The van der Waals surface area contributed by atoms with E-state index in [1.807, 2.05) is 5.01 Å². The average molecular weight is 234 g/mol. The first-order chi connectivity index (χ1) is 8.25. The van der Waals surface area contributed by atoms with E-state index in [0.717, 1.165) is 13.1 Å². The van der Waals surface area contributed by atoms with Gasteiger partial charge < -0.3 is 14.6 Å². The van der Waals surface area contributed by atoms with Crippen molar-refractivity contribution in [3.05, 3.63) is 29.8 Å². The van der Waals surface area contributed by atoms with E-state index in [1.54, 1.807) is 12.1 Å². The average Bonchev–Trinajstić information content (AvgIpc) is 2.38. The van der Waals surface area contributed by atoms with E-state index in [9.17, 15) is 9.90 Å². The van der Waals surface area contributed by atoms with Gasteiger partial charge in [0.15, 0.2) is 0 Å². The molecule has 2 rings (SSSR count). The molecule has 0 N–H and O–H groups in total. The minimum absolute atomic E-state index is 0.135. The standard InChI is InChI=1S/C11H13N3O3/c15-11(16)9-1-3-10(4-2-9)12-13-14-5-7-17-8-6-14/h1-4H,5-8H2,(H,15,16)/p-1. The largest absolute Gasteiger partial charge is 0.545 e. The molecule has 0 atom stereocenters. The summed E-state index contributed by atoms with van der Waals surface area (Å²) in [6.45, 7) is 2.76. The van der Waals surface area contributed by atoms with Gasteiger partial charge in [0.05, 0.1) is 38.0 Å². The van der Waals surface area contributed by atoms with Crippen LogP contribution in [0.4, 0.5) is 5.69 Å². The second kappa shape index (κ2) is 5.40. The van der Waals surface area contributed by atoms with Crippen molar-refractivity contribution in [2.24, 2.45) is 10.3 Å². The lowest BCUT2D eigenvalue weighted by Gasteiger charge is -2.22. The topological polar surface area (TPSA) is 77.3 Å². The zero-order valence-electron chi connectivity index (χ0n) is 9.20. The molecule has 0 radical (unpaired) electrons. The zero-order valence-corrected chi connectivity index (χ0v) is 9.20. The van der Waals surface area contributed by atoms with E-state index in [4.69, 9.17) is 4.74 Å². The van der Waals surface area contributed by atoms with E-state index >= 15 is 0 Å². The van der Waals surface area contributed by atoms with Crippen LogP contribution in [0.15, 0.2) is 34.6 Å². The molecule has 17 heavy (non-hydrogen) atoms. The van der Waals surface area contributed by atoms with Crippen molar-refractivity contribution in [3.8, 4) is 0 Å². The highest BCUT2D eigenvalue weighted by atomic mass is 16.5. The second-order valence-electron chi connectivity index (χ2n) is 3.59. The monoisotopic (exact) mass is 234 g/mol. The molecule has 90 valence electrons. The van der Waals surface area contributed by atoms with Gasteiger partial charge in [0.2, 0.25) is 0 Å². The Balaban J connectivity index is 1.98. The summed E-state index contributed by atoms with van der Waals surface area (Å²) in [6.07, 6.45) is 0. The van der Waals surface area contributed by atoms with Crippen LogP contribution in [0, 0.1) is 0 Å². The molecule has 1 heterocycles. The van der Waals surface area contributed by atoms with E-state index < -0.39 is 5.97 Å². The van der Waals surface area contributed by atoms with Gasteiger partial charge in [-0.05, 0) is 17.7 Å². The number of carbonyl (C=O) groups excluding carboxylic acids is 1. The summed E-state index contributed by atoms with van der Waals surface area (Å²) in [5.74, 6) is -1.19. The maximum Gasteiger partial charge on any atom is 0.0874 e. The molecule has 6 nitrogen and oxygen atoms in total. The van der Waals surface area contributed by atoms with Crippen LogP contribution in [-0.2, 0) is 4.74 Å². The van der Waals surface area contributed by atoms with Crippen LogP contribution in [0.2, 0.25) is 0 Å². The predicted octanol–water partition coefficient (Wildman–Crippen LogP) is 0.381. The minimum atomic E-state index is -1.19. The molecule has 0 spiro atoms. The van der Waals surface area contributed by atoms with Crippen LogP contribution in [0.3, 0.4) is 0 Å². The maximum absolute atomic E-state index is 10.5. The van der Waals surface area contributed by atoms with Crippen molar-refractivity contribution in [1.82, 2.24) is 5.01 Å². The molecule has 1 aromatic rings. The lowest BCUT2D eigenvalue weighted by molar-refractivity contribution is -0.255. The van der Waals surface area contributed by atoms with Crippen molar-refractivity contribution in [2.45, 2.75) is 0 Å². The van der Waals surface area contributed by atoms with Crippen LogP contribution in [0.1, 0.15) is 10.4 Å². The fourth-order valence-corrected chi connectivity index (χ4v) is 1.42. The van der Waals surface area contributed by atoms with Gasteiger partial charge in [-0.2, -0.15) is 0 Å². The molecule has 0 aromatic heterocycles. The van der Waals surface area contributed by atoms with Crippen LogP contribution < -0.4 is 5.11 Å². The van der Waals surface area contributed by atoms with Crippen LogP contribution in [0.25, 0.3) is 0 Å². The summed E-state index contributed by atoms with van der Waals surface area (Å²) in [7, 11) is 0. The van der Waals surface area contributed by atoms with Gasteiger partial charge in [-0.15, -0.1) is 5.11 Å². The lowest BCUT2D eigenvalue weighted by atomic mass is 10.2. The van der Waals surface area contributed by atoms with Gasteiger partial charge in [-0.3, -0.25) is 5.01 Å². The maximum atomic E-state index is 10.5. The number of benzene rings is 1. The van der Waals surface area contributed by atoms with Crippen molar-refractivity contribution in [1.29, 1.82) is 0 Å². The highest BCUT2D eigenvalue weighted by Gasteiger charge is 2.06. The van der Waals surface area contributed by atoms with Crippen molar-refractivity contribution >= 4 is 11.7 Å². The molecule has 1 aliphatic rings. The molecule has 1 aromatic carbocycles. The fourth-order valence-electron chi connectivity index (χ4n) is 1.42. The van der Waals surface area contributed by atoms with Crippen LogP contribution >= 0.6 is 0 Å². The first-order valence-corrected chi connectivity index (χ1v) is 5.31. The Kier molecular flexibility index (Phi) is 3.66. The first kappa shape index (κ1) is 11.5. The molecule has 1 aliphatic heterocycles. The molecule has 1 saturated heterocycles. The third-order valence-corrected chi connectivity index (χ3v) is 2.38. The van der Waals surface area contributed by atoms with Gasteiger partial charge in [0.25, 0.3) is 0 Å². The number of hydrogen-bond donors (Lipinski definition) is 0. The Bertz CT molecular complexity index is 410.